The van der Waals surface area contributed by atoms with E-state index < -0.39 is 27.8 Å². The summed E-state index contributed by atoms with van der Waals surface area (Å²) in [5.74, 6) is -2.32. The van der Waals surface area contributed by atoms with Crippen molar-refractivity contribution in [3.63, 3.8) is 0 Å². The topological polar surface area (TPSA) is 60.2 Å². The summed E-state index contributed by atoms with van der Waals surface area (Å²) in [6.07, 6.45) is -0.0209. The van der Waals surface area contributed by atoms with Gasteiger partial charge in [0.25, 0.3) is 5.69 Å². The van der Waals surface area contributed by atoms with E-state index in [0.29, 0.717) is 12.1 Å². The van der Waals surface area contributed by atoms with Crippen LogP contribution in [0.2, 0.25) is 0 Å². The van der Waals surface area contributed by atoms with Crippen molar-refractivity contribution in [3.05, 3.63) is 39.4 Å². The van der Waals surface area contributed by atoms with E-state index >= 15 is 0 Å². The molecule has 0 bridgehead atoms. The number of nitro groups is 1. The first-order valence-electron chi connectivity index (χ1n) is 3.15. The first-order chi connectivity index (χ1) is 6.06. The van der Waals surface area contributed by atoms with Crippen LogP contribution in [0.25, 0.3) is 0 Å². The van der Waals surface area contributed by atoms with Gasteiger partial charge >= 0.3 is 0 Å². The van der Waals surface area contributed by atoms with Crippen LogP contribution >= 0.6 is 0 Å². The molecule has 0 spiro atoms. The Kier molecular flexibility index (Phi) is 2.32. The molecule has 13 heavy (non-hydrogen) atoms. The van der Waals surface area contributed by atoms with Gasteiger partial charge in [-0.1, -0.05) is 0 Å². The summed E-state index contributed by atoms with van der Waals surface area (Å²) >= 11 is 0. The predicted molar refractivity (Wildman–Crippen MR) is 38.4 cm³/mol. The van der Waals surface area contributed by atoms with Crippen LogP contribution in [0.4, 0.5) is 14.5 Å². The average Bonchev–Trinajstić information content (AvgIpc) is 2.02. The smallest absolute Gasteiger partial charge is 0.285 e. The number of aldehydes is 1. The maximum Gasteiger partial charge on any atom is 0.285 e. The second-order valence-electron chi connectivity index (χ2n) is 2.20. The number of carbonyl (C=O) groups excluding carboxylic acids is 1. The van der Waals surface area contributed by atoms with Crippen molar-refractivity contribution in [3.8, 4) is 0 Å². The summed E-state index contributed by atoms with van der Waals surface area (Å²) in [7, 11) is 0. The maximum atomic E-state index is 12.7. The molecule has 0 atom stereocenters. The Bertz CT molecular complexity index is 378. The van der Waals surface area contributed by atoms with Gasteiger partial charge in [0, 0.05) is 6.07 Å². The van der Waals surface area contributed by atoms with Gasteiger partial charge in [0.2, 0.25) is 0 Å². The largest absolute Gasteiger partial charge is 0.298 e. The van der Waals surface area contributed by atoms with Crippen molar-refractivity contribution in [1.29, 1.82) is 0 Å². The molecule has 0 heterocycles. The quantitative estimate of drug-likeness (QED) is 0.402. The third-order valence-corrected chi connectivity index (χ3v) is 1.39. The molecule has 1 rings (SSSR count). The van der Waals surface area contributed by atoms with Gasteiger partial charge in [0.1, 0.15) is 17.2 Å². The molecule has 0 amide bonds. The standard InChI is InChI=1S/C7H3F2NO3/c8-4-1-6(9)5(3-11)7(2-4)10(12)13/h1-3H. The number of hydrogen-bond donors (Lipinski definition) is 0. The molecule has 0 aromatic heterocycles. The highest BCUT2D eigenvalue weighted by Crippen LogP contribution is 2.21. The van der Waals surface area contributed by atoms with Crippen molar-refractivity contribution in [2.24, 2.45) is 0 Å². The van der Waals surface area contributed by atoms with Crippen molar-refractivity contribution in [2.45, 2.75) is 0 Å². The van der Waals surface area contributed by atoms with Crippen LogP contribution < -0.4 is 0 Å². The number of rotatable bonds is 2. The first kappa shape index (κ1) is 9.24. The normalized spacial score (nSPS) is 9.69. The molecule has 0 saturated heterocycles. The SMILES string of the molecule is O=Cc1c(F)cc(F)cc1[N+](=O)[O-]. The number of benzene rings is 1. The summed E-state index contributed by atoms with van der Waals surface area (Å²) < 4.78 is 25.1. The molecule has 0 unspecified atom stereocenters. The number of halogens is 2. The lowest BCUT2D eigenvalue weighted by atomic mass is 10.2. The molecular weight excluding hydrogens is 184 g/mol. The minimum Gasteiger partial charge on any atom is -0.298 e. The van der Waals surface area contributed by atoms with Gasteiger partial charge in [-0.25, -0.2) is 8.78 Å². The van der Waals surface area contributed by atoms with E-state index in [-0.39, 0.29) is 6.29 Å². The Morgan fingerprint density at radius 2 is 2.00 bits per heavy atom. The Morgan fingerprint density at radius 1 is 1.38 bits per heavy atom. The van der Waals surface area contributed by atoms with Gasteiger partial charge in [-0.15, -0.1) is 0 Å². The average molecular weight is 187 g/mol. The van der Waals surface area contributed by atoms with E-state index in [9.17, 15) is 23.7 Å². The first-order valence-corrected chi connectivity index (χ1v) is 3.15. The van der Waals surface area contributed by atoms with Gasteiger partial charge in [0.15, 0.2) is 6.29 Å². The molecule has 0 saturated carbocycles. The number of nitro benzene ring substituents is 1. The Labute approximate surface area is 70.9 Å². The van der Waals surface area contributed by atoms with Crippen LogP contribution in [0.5, 0.6) is 0 Å². The lowest BCUT2D eigenvalue weighted by molar-refractivity contribution is -0.385. The number of hydrogen-bond acceptors (Lipinski definition) is 3. The molecule has 6 heteroatoms. The fourth-order valence-corrected chi connectivity index (χ4v) is 0.839. The molecule has 0 fully saturated rings. The zero-order chi connectivity index (χ0) is 10.0. The van der Waals surface area contributed by atoms with Gasteiger partial charge in [-0.3, -0.25) is 14.9 Å². The van der Waals surface area contributed by atoms with Gasteiger partial charge in [0.05, 0.1) is 11.0 Å². The van der Waals surface area contributed by atoms with Crippen LogP contribution in [-0.4, -0.2) is 11.2 Å². The summed E-state index contributed by atoms with van der Waals surface area (Å²) in [5, 5.41) is 10.2. The highest BCUT2D eigenvalue weighted by atomic mass is 19.1. The van der Waals surface area contributed by atoms with Crippen molar-refractivity contribution < 1.29 is 18.5 Å². The van der Waals surface area contributed by atoms with Crippen LogP contribution in [0.1, 0.15) is 10.4 Å². The third kappa shape index (κ3) is 1.66. The molecule has 0 N–H and O–H groups in total. The zero-order valence-electron chi connectivity index (χ0n) is 6.16. The molecular formula is C7H3F2NO3. The van der Waals surface area contributed by atoms with Crippen LogP contribution in [0.15, 0.2) is 12.1 Å². The van der Waals surface area contributed by atoms with Gasteiger partial charge in [-0.05, 0) is 0 Å². The fraction of sp³-hybridized carbons (Fsp3) is 0. The van der Waals surface area contributed by atoms with E-state index in [1.54, 1.807) is 0 Å². The van der Waals surface area contributed by atoms with Gasteiger partial charge in [-0.2, -0.15) is 0 Å². The van der Waals surface area contributed by atoms with Crippen molar-refractivity contribution >= 4 is 12.0 Å². The summed E-state index contributed by atoms with van der Waals surface area (Å²) in [6, 6.07) is 0.906. The van der Waals surface area contributed by atoms with E-state index in [1.165, 1.54) is 0 Å². The molecule has 4 nitrogen and oxygen atoms in total. The molecule has 68 valence electrons. The van der Waals surface area contributed by atoms with E-state index in [4.69, 9.17) is 0 Å². The lowest BCUT2D eigenvalue weighted by Crippen LogP contribution is -1.98. The molecule has 0 aliphatic rings. The van der Waals surface area contributed by atoms with Crippen LogP contribution in [-0.2, 0) is 0 Å². The predicted octanol–water partition coefficient (Wildman–Crippen LogP) is 1.69. The third-order valence-electron chi connectivity index (χ3n) is 1.39. The Morgan fingerprint density at radius 3 is 2.46 bits per heavy atom. The molecule has 1 aromatic rings. The summed E-state index contributed by atoms with van der Waals surface area (Å²) in [5.41, 5.74) is -1.61. The Balaban J connectivity index is 3.46. The van der Waals surface area contributed by atoms with Crippen molar-refractivity contribution in [2.75, 3.05) is 0 Å². The van der Waals surface area contributed by atoms with Gasteiger partial charge < -0.3 is 0 Å². The fourth-order valence-electron chi connectivity index (χ4n) is 0.839. The van der Waals surface area contributed by atoms with Crippen molar-refractivity contribution in [1.82, 2.24) is 0 Å². The van der Waals surface area contributed by atoms with Crippen LogP contribution in [0.3, 0.4) is 0 Å². The molecule has 0 aliphatic carbocycles. The number of nitrogens with zero attached hydrogens (tertiary/aromatic N) is 1. The van der Waals surface area contributed by atoms with E-state index in [2.05, 4.69) is 0 Å². The highest BCUT2D eigenvalue weighted by molar-refractivity contribution is 5.81. The minimum absolute atomic E-state index is 0.0209. The Hall–Kier alpha value is -1.85. The van der Waals surface area contributed by atoms with E-state index in [1.807, 2.05) is 0 Å². The van der Waals surface area contributed by atoms with Crippen LogP contribution in [0, 0.1) is 21.7 Å². The zero-order valence-corrected chi connectivity index (χ0v) is 6.16. The summed E-state index contributed by atoms with van der Waals surface area (Å²) in [6.45, 7) is 0. The monoisotopic (exact) mass is 187 g/mol. The van der Waals surface area contributed by atoms with E-state index in [0.717, 1.165) is 0 Å². The lowest BCUT2D eigenvalue weighted by Gasteiger charge is -1.96. The minimum atomic E-state index is -1.23. The molecule has 0 radical (unpaired) electrons. The second kappa shape index (κ2) is 3.26. The molecule has 1 aromatic carbocycles. The molecule has 0 aliphatic heterocycles. The highest BCUT2D eigenvalue weighted by Gasteiger charge is 2.19. The summed E-state index contributed by atoms with van der Waals surface area (Å²) in [4.78, 5) is 19.4. The number of carbonyl (C=O) groups is 1. The second-order valence-corrected chi connectivity index (χ2v) is 2.20. The maximum absolute atomic E-state index is 12.7.